The van der Waals surface area contributed by atoms with E-state index in [1.807, 2.05) is 30.3 Å². The first-order chi connectivity index (χ1) is 26.3. The maximum Gasteiger partial charge on any atom is 0.296 e. The minimum atomic E-state index is -4.99. The van der Waals surface area contributed by atoms with Crippen LogP contribution in [0.15, 0.2) is 120 Å². The number of aromatic hydroxyl groups is 2. The minimum absolute atomic E-state index is 0.00628. The van der Waals surface area contributed by atoms with Crippen molar-refractivity contribution in [3.8, 4) is 28.6 Å². The number of H-pyrrole nitrogens is 1. The van der Waals surface area contributed by atoms with Crippen molar-refractivity contribution >= 4 is 85.7 Å². The van der Waals surface area contributed by atoms with Crippen LogP contribution in [0.25, 0.3) is 44.0 Å². The Morgan fingerprint density at radius 2 is 1.32 bits per heavy atom. The Hall–Kier alpha value is -6.36. The zero-order valence-corrected chi connectivity index (χ0v) is 31.1. The Kier molecular flexibility index (Phi) is 9.31. The van der Waals surface area contributed by atoms with Crippen LogP contribution in [0.3, 0.4) is 0 Å². The summed E-state index contributed by atoms with van der Waals surface area (Å²) >= 11 is 0. The van der Waals surface area contributed by atoms with E-state index in [1.165, 1.54) is 25.3 Å². The first-order valence-corrected chi connectivity index (χ1v) is 20.1. The van der Waals surface area contributed by atoms with Crippen molar-refractivity contribution < 1.29 is 53.9 Å². The molecule has 0 saturated carbocycles. The maximum atomic E-state index is 12.6. The van der Waals surface area contributed by atoms with Gasteiger partial charge in [-0.05, 0) is 60.3 Å². The first-order valence-electron chi connectivity index (χ1n) is 15.8. The molecule has 0 fully saturated rings. The molecule has 0 saturated heterocycles. The smallest absolute Gasteiger partial charge is 0.296 e. The lowest BCUT2D eigenvalue weighted by Gasteiger charge is -2.11. The number of phenolic OH excluding ortho intramolecular Hbond substituents is 2. The molecule has 21 heteroatoms. The number of ether oxygens (including phenoxy) is 1. The number of benzene rings is 6. The van der Waals surface area contributed by atoms with Crippen LogP contribution in [0.1, 0.15) is 5.56 Å². The fraction of sp³-hybridized carbons (Fsp3) is 0.0571. The molecule has 0 radical (unpaired) electrons. The summed E-state index contributed by atoms with van der Waals surface area (Å²) < 4.78 is 108. The molecule has 7 aromatic rings. The fourth-order valence-electron chi connectivity index (χ4n) is 5.94. The van der Waals surface area contributed by atoms with Gasteiger partial charge >= 0.3 is 0 Å². The van der Waals surface area contributed by atoms with E-state index in [2.05, 4.69) is 30.4 Å². The topological polar surface area (TPSA) is 291 Å². The van der Waals surface area contributed by atoms with E-state index < -0.39 is 62.2 Å². The van der Waals surface area contributed by atoms with Gasteiger partial charge in [-0.2, -0.15) is 30.4 Å². The third kappa shape index (κ3) is 7.12. The number of aromatic amines is 1. The van der Waals surface area contributed by atoms with E-state index >= 15 is 0 Å². The molecule has 7 rings (SSSR count). The molecule has 56 heavy (non-hydrogen) atoms. The predicted molar refractivity (Wildman–Crippen MR) is 202 cm³/mol. The number of rotatable bonds is 9. The Morgan fingerprint density at radius 3 is 1.96 bits per heavy atom. The number of phenols is 2. The van der Waals surface area contributed by atoms with Gasteiger partial charge in [-0.25, -0.2) is 4.98 Å². The number of azo groups is 2. The second kappa shape index (κ2) is 13.7. The number of aromatic nitrogens is 2. The molecule has 0 atom stereocenters. The highest BCUT2D eigenvalue weighted by molar-refractivity contribution is 7.86. The van der Waals surface area contributed by atoms with Crippen molar-refractivity contribution in [2.45, 2.75) is 21.6 Å². The molecule has 6 N–H and O–H groups in total. The van der Waals surface area contributed by atoms with E-state index in [0.29, 0.717) is 22.4 Å². The van der Waals surface area contributed by atoms with Crippen LogP contribution in [-0.2, 0) is 30.4 Å². The van der Waals surface area contributed by atoms with Crippen molar-refractivity contribution in [1.29, 1.82) is 0 Å². The predicted octanol–water partition coefficient (Wildman–Crippen LogP) is 7.84. The van der Waals surface area contributed by atoms with Gasteiger partial charge in [0.1, 0.15) is 33.6 Å². The van der Waals surface area contributed by atoms with Crippen molar-refractivity contribution in [3.05, 3.63) is 90.5 Å². The molecule has 0 bridgehead atoms. The third-order valence-electron chi connectivity index (χ3n) is 8.58. The molecule has 0 aliphatic carbocycles. The Bertz CT molecular complexity index is 3180. The average molecular weight is 819 g/mol. The fourth-order valence-corrected chi connectivity index (χ4v) is 7.66. The van der Waals surface area contributed by atoms with Crippen LogP contribution >= 0.6 is 0 Å². The van der Waals surface area contributed by atoms with Crippen molar-refractivity contribution in [2.24, 2.45) is 20.5 Å². The normalized spacial score (nSPS) is 12.8. The zero-order valence-electron chi connectivity index (χ0n) is 28.6. The molecule has 0 spiro atoms. The Morgan fingerprint density at radius 1 is 0.679 bits per heavy atom. The molecular weight excluding hydrogens is 793 g/mol. The SMILES string of the molecule is COc1cc(/N=N/c2cc(S(=O)(=O)O)cc3cc(S(=O)(=O)O)cc(O)c23)c(C)cc1/N=N/c1c(S(=O)(=O)O)cc2c(ccc3nc(-c4ccccc4)[nH]c32)c1O. The van der Waals surface area contributed by atoms with E-state index in [4.69, 9.17) is 4.74 Å². The summed E-state index contributed by atoms with van der Waals surface area (Å²) in [6.45, 7) is 1.56. The summed E-state index contributed by atoms with van der Waals surface area (Å²) in [5, 5.41) is 38.3. The van der Waals surface area contributed by atoms with E-state index in [9.17, 15) is 49.1 Å². The number of nitrogens with one attached hydrogen (secondary N) is 1. The highest BCUT2D eigenvalue weighted by Crippen LogP contribution is 2.45. The van der Waals surface area contributed by atoms with Gasteiger partial charge in [-0.3, -0.25) is 13.7 Å². The molecule has 1 heterocycles. The summed E-state index contributed by atoms with van der Waals surface area (Å²) in [5.41, 5.74) is 1.19. The molecule has 0 aliphatic rings. The van der Waals surface area contributed by atoms with Gasteiger partial charge in [0.25, 0.3) is 30.4 Å². The number of hydrogen-bond acceptors (Lipinski definition) is 14. The summed E-state index contributed by atoms with van der Waals surface area (Å²) in [7, 11) is -13.4. The van der Waals surface area contributed by atoms with Gasteiger partial charge < -0.3 is 19.9 Å². The lowest BCUT2D eigenvalue weighted by Crippen LogP contribution is -2.00. The first kappa shape index (κ1) is 37.9. The van der Waals surface area contributed by atoms with Crippen LogP contribution in [0, 0.1) is 6.92 Å². The van der Waals surface area contributed by atoms with E-state index in [0.717, 1.165) is 35.9 Å². The van der Waals surface area contributed by atoms with Crippen LogP contribution in [0.5, 0.6) is 17.2 Å². The number of hydrogen-bond donors (Lipinski definition) is 6. The van der Waals surface area contributed by atoms with Crippen molar-refractivity contribution in [3.63, 3.8) is 0 Å². The summed E-state index contributed by atoms with van der Waals surface area (Å²) in [4.78, 5) is 5.49. The van der Waals surface area contributed by atoms with Crippen molar-refractivity contribution in [2.75, 3.05) is 7.11 Å². The number of nitrogens with zero attached hydrogens (tertiary/aromatic N) is 5. The van der Waals surface area contributed by atoms with Gasteiger partial charge in [0.2, 0.25) is 0 Å². The summed E-state index contributed by atoms with van der Waals surface area (Å²) in [5.74, 6) is -0.818. The molecule has 1 aromatic heterocycles. The average Bonchev–Trinajstić information content (AvgIpc) is 3.58. The van der Waals surface area contributed by atoms with E-state index in [-0.39, 0.29) is 44.4 Å². The molecule has 286 valence electrons. The molecule has 6 aromatic carbocycles. The molecule has 18 nitrogen and oxygen atoms in total. The number of aryl methyl sites for hydroxylation is 1. The van der Waals surface area contributed by atoms with Gasteiger partial charge in [-0.15, -0.1) is 15.3 Å². The Balaban J connectivity index is 1.30. The van der Waals surface area contributed by atoms with Gasteiger partial charge in [0, 0.05) is 28.5 Å². The highest BCUT2D eigenvalue weighted by atomic mass is 32.2. The van der Waals surface area contributed by atoms with Gasteiger partial charge in [-0.1, -0.05) is 30.3 Å². The number of fused-ring (bicyclic) bond motifs is 4. The molecule has 0 amide bonds. The standard InChI is InChI=1S/C35H26N6O12S3/c1-17-10-26(29(53-2)16-25(17)38-40-27-13-20(54(44,45)46)11-19-12-21(55(47,48)49)14-28(42)31(19)27)39-41-33-30(56(50,51)52)15-23-22(34(33)43)8-9-24-32(23)37-35(36-24)18-6-4-3-5-7-18/h3-16,42-43H,1-2H3,(H,36,37)(H,44,45,46)(H,47,48,49)(H,50,51,52)/b40-38+,41-39+. The highest BCUT2D eigenvalue weighted by Gasteiger charge is 2.25. The van der Waals surface area contributed by atoms with E-state index in [1.54, 1.807) is 13.0 Å². The van der Waals surface area contributed by atoms with Gasteiger partial charge in [0.15, 0.2) is 5.75 Å². The molecule has 0 aliphatic heterocycles. The van der Waals surface area contributed by atoms with Gasteiger partial charge in [0.05, 0.1) is 44.7 Å². The minimum Gasteiger partial charge on any atom is -0.507 e. The van der Waals surface area contributed by atoms with Crippen LogP contribution in [0.2, 0.25) is 0 Å². The largest absolute Gasteiger partial charge is 0.507 e. The zero-order chi connectivity index (χ0) is 40.3. The van der Waals surface area contributed by atoms with Crippen LogP contribution in [0.4, 0.5) is 22.7 Å². The summed E-state index contributed by atoms with van der Waals surface area (Å²) in [6, 6.07) is 19.5. The monoisotopic (exact) mass is 818 g/mol. The summed E-state index contributed by atoms with van der Waals surface area (Å²) in [6.07, 6.45) is 0. The van der Waals surface area contributed by atoms with Crippen LogP contribution < -0.4 is 4.74 Å². The Labute approximate surface area is 316 Å². The quantitative estimate of drug-likeness (QED) is 0.0598. The van der Waals surface area contributed by atoms with Crippen LogP contribution in [-0.4, -0.2) is 66.2 Å². The second-order valence-corrected chi connectivity index (χ2v) is 16.4. The maximum absolute atomic E-state index is 12.6. The third-order valence-corrected chi connectivity index (χ3v) is 11.1. The molecule has 0 unspecified atom stereocenters. The van der Waals surface area contributed by atoms with Crippen molar-refractivity contribution in [1.82, 2.24) is 9.97 Å². The lowest BCUT2D eigenvalue weighted by atomic mass is 10.1. The number of methoxy groups -OCH3 is 1. The lowest BCUT2D eigenvalue weighted by molar-refractivity contribution is 0.416. The number of imidazole rings is 1. The molecular formula is C35H26N6O12S3. The second-order valence-electron chi connectivity index (χ2n) is 12.2.